The number of hydrogen-bond acceptors (Lipinski definition) is 0. The molecule has 0 bridgehead atoms. The van der Waals surface area contributed by atoms with E-state index in [1.54, 1.807) is 0 Å². The maximum Gasteiger partial charge on any atom is 0.0256 e. The summed E-state index contributed by atoms with van der Waals surface area (Å²) < 4.78 is 2.17. The van der Waals surface area contributed by atoms with Crippen molar-refractivity contribution in [1.29, 1.82) is 0 Å². The number of rotatable bonds is 4. The summed E-state index contributed by atoms with van der Waals surface area (Å²) in [6.45, 7) is 0. The lowest BCUT2D eigenvalue weighted by atomic mass is 10.1. The van der Waals surface area contributed by atoms with E-state index in [9.17, 15) is 0 Å². The zero-order valence-corrected chi connectivity index (χ0v) is 16.1. The van der Waals surface area contributed by atoms with E-state index in [4.69, 9.17) is 0 Å². The number of halogens is 2. The largest absolute Gasteiger partial charge is 0.0979 e. The van der Waals surface area contributed by atoms with Crippen LogP contribution in [-0.4, -0.2) is 0 Å². The molecular formula is C21H18Br2. The highest BCUT2D eigenvalue weighted by molar-refractivity contribution is 9.10. The molecule has 0 saturated carbocycles. The van der Waals surface area contributed by atoms with Gasteiger partial charge in [-0.1, -0.05) is 68.0 Å². The second kappa shape index (κ2) is 10.3. The van der Waals surface area contributed by atoms with Crippen molar-refractivity contribution in [2.45, 2.75) is 32.1 Å². The Bertz CT molecular complexity index is 737. The molecule has 0 amide bonds. The first-order valence-electron chi connectivity index (χ1n) is 7.73. The molecule has 0 aliphatic heterocycles. The maximum atomic E-state index is 3.46. The van der Waals surface area contributed by atoms with E-state index in [0.717, 1.165) is 45.8 Å². The van der Waals surface area contributed by atoms with Crippen molar-refractivity contribution in [3.63, 3.8) is 0 Å². The summed E-state index contributed by atoms with van der Waals surface area (Å²) in [5, 5.41) is 0. The normalized spacial score (nSPS) is 9.48. The number of hydrogen-bond donors (Lipinski definition) is 0. The standard InChI is InChI=1S/C21H18Br2/c22-20-15-13-18(14-16-20)9-6-4-2-1-3-5-7-10-19-11-8-12-21(23)17-19/h8,11-17H,1-5H2. The van der Waals surface area contributed by atoms with Crippen molar-refractivity contribution in [1.82, 2.24) is 0 Å². The lowest BCUT2D eigenvalue weighted by Crippen LogP contribution is -1.78. The first-order chi connectivity index (χ1) is 11.2. The average Bonchev–Trinajstić information content (AvgIpc) is 2.55. The Morgan fingerprint density at radius 3 is 1.96 bits per heavy atom. The van der Waals surface area contributed by atoms with E-state index < -0.39 is 0 Å². The molecule has 0 aliphatic rings. The molecule has 0 aromatic heterocycles. The predicted molar refractivity (Wildman–Crippen MR) is 105 cm³/mol. The summed E-state index contributed by atoms with van der Waals surface area (Å²) in [6.07, 6.45) is 5.37. The van der Waals surface area contributed by atoms with Crippen molar-refractivity contribution in [3.8, 4) is 23.7 Å². The molecule has 0 heterocycles. The van der Waals surface area contributed by atoms with Gasteiger partial charge in [0, 0.05) is 32.9 Å². The molecule has 2 rings (SSSR count). The Morgan fingerprint density at radius 1 is 0.652 bits per heavy atom. The molecule has 0 aliphatic carbocycles. The molecule has 0 radical (unpaired) electrons. The van der Waals surface area contributed by atoms with Gasteiger partial charge in [0.05, 0.1) is 0 Å². The number of benzene rings is 2. The highest BCUT2D eigenvalue weighted by atomic mass is 79.9. The number of unbranched alkanes of at least 4 members (excludes halogenated alkanes) is 4. The molecule has 0 nitrogen and oxygen atoms in total. The third-order valence-electron chi connectivity index (χ3n) is 3.24. The lowest BCUT2D eigenvalue weighted by Gasteiger charge is -1.94. The van der Waals surface area contributed by atoms with Gasteiger partial charge in [-0.05, 0) is 55.3 Å². The van der Waals surface area contributed by atoms with Crippen molar-refractivity contribution in [2.24, 2.45) is 0 Å². The van der Waals surface area contributed by atoms with Gasteiger partial charge in [-0.15, -0.1) is 0 Å². The monoisotopic (exact) mass is 428 g/mol. The van der Waals surface area contributed by atoms with Crippen LogP contribution in [0.5, 0.6) is 0 Å². The first-order valence-corrected chi connectivity index (χ1v) is 9.31. The molecule has 2 heteroatoms. The minimum atomic E-state index is 0.951. The van der Waals surface area contributed by atoms with Crippen molar-refractivity contribution >= 4 is 31.9 Å². The van der Waals surface area contributed by atoms with Crippen LogP contribution in [0.3, 0.4) is 0 Å². The molecule has 0 saturated heterocycles. The van der Waals surface area contributed by atoms with Gasteiger partial charge in [0.15, 0.2) is 0 Å². The molecule has 23 heavy (non-hydrogen) atoms. The second-order valence-electron chi connectivity index (χ2n) is 5.18. The summed E-state index contributed by atoms with van der Waals surface area (Å²) in [7, 11) is 0. The van der Waals surface area contributed by atoms with Gasteiger partial charge < -0.3 is 0 Å². The van der Waals surface area contributed by atoms with Crippen LogP contribution in [0.25, 0.3) is 0 Å². The van der Waals surface area contributed by atoms with Crippen molar-refractivity contribution < 1.29 is 0 Å². The van der Waals surface area contributed by atoms with Crippen LogP contribution < -0.4 is 0 Å². The summed E-state index contributed by atoms with van der Waals surface area (Å²) in [5.41, 5.74) is 2.15. The van der Waals surface area contributed by atoms with Crippen molar-refractivity contribution in [3.05, 3.63) is 68.6 Å². The van der Waals surface area contributed by atoms with E-state index in [0.29, 0.717) is 0 Å². The van der Waals surface area contributed by atoms with Gasteiger partial charge in [-0.2, -0.15) is 0 Å². The van der Waals surface area contributed by atoms with Crippen LogP contribution >= 0.6 is 31.9 Å². The smallest absolute Gasteiger partial charge is 0.0256 e. The SMILES string of the molecule is Brc1ccc(C#CCCCCCC#Cc2cccc(Br)c2)cc1. The lowest BCUT2D eigenvalue weighted by molar-refractivity contribution is 0.709. The maximum absolute atomic E-state index is 3.46. The highest BCUT2D eigenvalue weighted by Gasteiger charge is 1.89. The summed E-state index contributed by atoms with van der Waals surface area (Å²) in [5.74, 6) is 12.9. The van der Waals surface area contributed by atoms with Crippen LogP contribution in [0.1, 0.15) is 43.2 Å². The van der Waals surface area contributed by atoms with Gasteiger partial charge in [0.2, 0.25) is 0 Å². The van der Waals surface area contributed by atoms with Crippen molar-refractivity contribution in [2.75, 3.05) is 0 Å². The zero-order valence-electron chi connectivity index (χ0n) is 12.9. The summed E-state index contributed by atoms with van der Waals surface area (Å²) in [6, 6.07) is 16.2. The Labute approximate surface area is 156 Å². The molecule has 0 spiro atoms. The fourth-order valence-corrected chi connectivity index (χ4v) is 2.70. The van der Waals surface area contributed by atoms with E-state index in [1.165, 1.54) is 6.42 Å². The third kappa shape index (κ3) is 7.56. The second-order valence-corrected chi connectivity index (χ2v) is 7.01. The van der Waals surface area contributed by atoms with Crippen LogP contribution in [-0.2, 0) is 0 Å². The summed E-state index contributed by atoms with van der Waals surface area (Å²) in [4.78, 5) is 0. The van der Waals surface area contributed by atoms with Gasteiger partial charge in [-0.3, -0.25) is 0 Å². The Morgan fingerprint density at radius 2 is 1.30 bits per heavy atom. The van der Waals surface area contributed by atoms with E-state index in [-0.39, 0.29) is 0 Å². The fraction of sp³-hybridized carbons (Fsp3) is 0.238. The topological polar surface area (TPSA) is 0 Å². The van der Waals surface area contributed by atoms with E-state index >= 15 is 0 Å². The molecule has 2 aromatic rings. The predicted octanol–water partition coefficient (Wildman–Crippen LogP) is 6.57. The molecule has 0 unspecified atom stereocenters. The van der Waals surface area contributed by atoms with Crippen LogP contribution in [0, 0.1) is 23.7 Å². The average molecular weight is 430 g/mol. The fourth-order valence-electron chi connectivity index (χ4n) is 2.03. The molecule has 0 N–H and O–H groups in total. The molecular weight excluding hydrogens is 412 g/mol. The zero-order chi connectivity index (χ0) is 16.3. The van der Waals surface area contributed by atoms with Crippen LogP contribution in [0.4, 0.5) is 0 Å². The molecule has 0 atom stereocenters. The third-order valence-corrected chi connectivity index (χ3v) is 4.26. The van der Waals surface area contributed by atoms with Gasteiger partial charge in [0.25, 0.3) is 0 Å². The molecule has 116 valence electrons. The minimum Gasteiger partial charge on any atom is -0.0979 e. The Kier molecular flexibility index (Phi) is 8.02. The molecule has 0 fully saturated rings. The van der Waals surface area contributed by atoms with E-state index in [2.05, 4.69) is 55.5 Å². The van der Waals surface area contributed by atoms with Gasteiger partial charge >= 0.3 is 0 Å². The van der Waals surface area contributed by atoms with Crippen LogP contribution in [0.15, 0.2) is 57.5 Å². The Balaban J connectivity index is 1.61. The van der Waals surface area contributed by atoms with Gasteiger partial charge in [-0.25, -0.2) is 0 Å². The highest BCUT2D eigenvalue weighted by Crippen LogP contribution is 2.11. The van der Waals surface area contributed by atoms with E-state index in [1.807, 2.05) is 48.5 Å². The quantitative estimate of drug-likeness (QED) is 0.381. The Hall–Kier alpha value is -1.48. The summed E-state index contributed by atoms with van der Waals surface area (Å²) >= 11 is 6.88. The van der Waals surface area contributed by atoms with Gasteiger partial charge in [0.1, 0.15) is 0 Å². The minimum absolute atomic E-state index is 0.951. The first kappa shape index (κ1) is 17.9. The molecule has 2 aromatic carbocycles. The van der Waals surface area contributed by atoms with Crippen LogP contribution in [0.2, 0.25) is 0 Å².